The van der Waals surface area contributed by atoms with Crippen LogP contribution < -0.4 is 39.9 Å². The lowest BCUT2D eigenvalue weighted by Crippen LogP contribution is -2.46. The van der Waals surface area contributed by atoms with Gasteiger partial charge in [0.25, 0.3) is 11.8 Å². The van der Waals surface area contributed by atoms with Gasteiger partial charge in [0.15, 0.2) is 28.8 Å². The van der Waals surface area contributed by atoms with Crippen LogP contribution in [0.15, 0.2) is 72.5 Å². The number of ketones is 1. The number of anilines is 1. The Hall–Kier alpha value is -7.70. The minimum Gasteiger partial charge on any atom is -0.497 e. The van der Waals surface area contributed by atoms with Gasteiger partial charge in [-0.15, -0.1) is 0 Å². The second-order valence-electron chi connectivity index (χ2n) is 18.1. The number of nitrogens with one attached hydrogen (secondary N) is 3. The summed E-state index contributed by atoms with van der Waals surface area (Å²) in [5.41, 5.74) is 8.58. The lowest BCUT2D eigenvalue weighted by molar-refractivity contribution is -0.138. The predicted octanol–water partition coefficient (Wildman–Crippen LogP) is 6.64. The van der Waals surface area contributed by atoms with Crippen molar-refractivity contribution in [3.63, 3.8) is 0 Å². The number of aliphatic imine (C=N–C) groups is 1. The largest absolute Gasteiger partial charge is 0.497 e. The van der Waals surface area contributed by atoms with Crippen molar-refractivity contribution >= 4 is 64.4 Å². The number of amides is 6. The first-order valence-electron chi connectivity index (χ1n) is 24.1. The van der Waals surface area contributed by atoms with Crippen LogP contribution in [0.25, 0.3) is 5.57 Å². The Labute approximate surface area is 419 Å². The third-order valence-electron chi connectivity index (χ3n) is 12.7. The Bertz CT molecular complexity index is 2580. The molecule has 6 amide bonds. The number of nitrogens with zero attached hydrogens (tertiary/aromatic N) is 4. The van der Waals surface area contributed by atoms with Crippen LogP contribution in [-0.2, 0) is 24.0 Å². The number of carbonyl (C=O) groups excluding carboxylic acids is 7. The molecular formula is C53H65N7O12. The van der Waals surface area contributed by atoms with Crippen molar-refractivity contribution in [2.24, 2.45) is 16.8 Å². The van der Waals surface area contributed by atoms with Gasteiger partial charge in [-0.05, 0) is 60.4 Å². The molecule has 3 aromatic rings. The van der Waals surface area contributed by atoms with Crippen LogP contribution in [0, 0.1) is 11.8 Å². The molecule has 6 rings (SSSR count). The minimum atomic E-state index is -0.831. The summed E-state index contributed by atoms with van der Waals surface area (Å²) in [6, 6.07) is 12.9. The summed E-state index contributed by atoms with van der Waals surface area (Å²) in [6.07, 6.45) is 8.16. The van der Waals surface area contributed by atoms with Crippen LogP contribution in [-0.4, -0.2) is 122 Å². The van der Waals surface area contributed by atoms with Gasteiger partial charge in [0.2, 0.25) is 23.6 Å². The zero-order chi connectivity index (χ0) is 52.1. The van der Waals surface area contributed by atoms with Crippen molar-refractivity contribution in [2.75, 3.05) is 53.6 Å². The van der Waals surface area contributed by atoms with Gasteiger partial charge in [0.1, 0.15) is 5.75 Å². The van der Waals surface area contributed by atoms with Crippen molar-refractivity contribution in [1.82, 2.24) is 25.4 Å². The Morgan fingerprint density at radius 2 is 1.51 bits per heavy atom. The molecule has 0 spiro atoms. The van der Waals surface area contributed by atoms with Gasteiger partial charge in [0.05, 0.1) is 69.1 Å². The molecule has 384 valence electrons. The van der Waals surface area contributed by atoms with Gasteiger partial charge in [-0.2, -0.15) is 0 Å². The summed E-state index contributed by atoms with van der Waals surface area (Å²) in [5.74, 6) is -1.27. The summed E-state index contributed by atoms with van der Waals surface area (Å²) in [6.45, 7) is 9.54. The van der Waals surface area contributed by atoms with Gasteiger partial charge in [0, 0.05) is 82.6 Å². The van der Waals surface area contributed by atoms with Crippen LogP contribution >= 0.6 is 0 Å². The molecule has 3 atom stereocenters. The number of likely N-dealkylation sites (tertiary alicyclic amines) is 1. The number of unbranched alkanes of at least 4 members (excludes halogenated alkanes) is 2. The van der Waals surface area contributed by atoms with Crippen LogP contribution in [0.3, 0.4) is 0 Å². The zero-order valence-corrected chi connectivity index (χ0v) is 42.0. The first kappa shape index (κ1) is 53.6. The smallest absolute Gasteiger partial charge is 0.260 e. The second kappa shape index (κ2) is 24.9. The summed E-state index contributed by atoms with van der Waals surface area (Å²) < 4.78 is 28.8. The van der Waals surface area contributed by atoms with Crippen LogP contribution in [0.4, 0.5) is 11.4 Å². The molecule has 3 aliphatic heterocycles. The number of ether oxygens (including phenoxy) is 5. The van der Waals surface area contributed by atoms with E-state index in [1.807, 2.05) is 30.5 Å². The zero-order valence-electron chi connectivity index (χ0n) is 42.0. The van der Waals surface area contributed by atoms with E-state index in [2.05, 4.69) is 22.7 Å². The summed E-state index contributed by atoms with van der Waals surface area (Å²) in [7, 11) is 6.07. The van der Waals surface area contributed by atoms with E-state index in [1.54, 1.807) is 51.1 Å². The van der Waals surface area contributed by atoms with E-state index >= 15 is 0 Å². The Balaban J connectivity index is 1.03. The molecule has 19 nitrogen and oxygen atoms in total. The lowest BCUT2D eigenvalue weighted by atomic mass is 9.92. The normalized spacial score (nSPS) is 15.7. The number of imide groups is 1. The highest BCUT2D eigenvalue weighted by molar-refractivity contribution is 6.06. The second-order valence-corrected chi connectivity index (χ2v) is 18.1. The molecule has 72 heavy (non-hydrogen) atoms. The molecule has 3 heterocycles. The Morgan fingerprint density at radius 3 is 2.15 bits per heavy atom. The van der Waals surface area contributed by atoms with Crippen molar-refractivity contribution in [3.05, 3.63) is 84.2 Å². The summed E-state index contributed by atoms with van der Waals surface area (Å²) in [4.78, 5) is 99.7. The molecular weight excluding hydrogens is 927 g/mol. The Morgan fingerprint density at radius 1 is 0.847 bits per heavy atom. The lowest BCUT2D eigenvalue weighted by Gasteiger charge is -2.23. The highest BCUT2D eigenvalue weighted by Gasteiger charge is 2.34. The Kier molecular flexibility index (Phi) is 18.6. The molecule has 0 unspecified atom stereocenters. The van der Waals surface area contributed by atoms with Crippen molar-refractivity contribution in [3.8, 4) is 28.7 Å². The predicted molar refractivity (Wildman–Crippen MR) is 269 cm³/mol. The van der Waals surface area contributed by atoms with Gasteiger partial charge in [-0.3, -0.25) is 54.3 Å². The van der Waals surface area contributed by atoms with Crippen LogP contribution in [0.2, 0.25) is 0 Å². The monoisotopic (exact) mass is 991 g/mol. The number of benzene rings is 3. The van der Waals surface area contributed by atoms with Gasteiger partial charge in [-0.25, -0.2) is 0 Å². The van der Waals surface area contributed by atoms with Crippen molar-refractivity contribution in [2.45, 2.75) is 90.6 Å². The van der Waals surface area contributed by atoms with Crippen LogP contribution in [0.5, 0.6) is 28.7 Å². The molecule has 19 heteroatoms. The fourth-order valence-corrected chi connectivity index (χ4v) is 8.43. The summed E-state index contributed by atoms with van der Waals surface area (Å²) >= 11 is 0. The molecule has 0 saturated carbocycles. The van der Waals surface area contributed by atoms with Crippen molar-refractivity contribution < 1.29 is 57.2 Å². The number of hydrogen-bond donors (Lipinski definition) is 3. The fourth-order valence-electron chi connectivity index (χ4n) is 8.43. The minimum absolute atomic E-state index is 0.125. The van der Waals surface area contributed by atoms with E-state index in [-0.39, 0.29) is 103 Å². The number of hydrazine groups is 1. The highest BCUT2D eigenvalue weighted by Crippen LogP contribution is 2.40. The maximum atomic E-state index is 13.9. The van der Waals surface area contributed by atoms with E-state index in [4.69, 9.17) is 28.7 Å². The molecule has 1 saturated heterocycles. The summed E-state index contributed by atoms with van der Waals surface area (Å²) in [5, 5.41) is 2.82. The molecule has 3 aromatic carbocycles. The van der Waals surface area contributed by atoms with E-state index < -0.39 is 23.8 Å². The number of fused-ring (bicyclic) bond motifs is 2. The third kappa shape index (κ3) is 13.2. The van der Waals surface area contributed by atoms with Crippen molar-refractivity contribution in [1.29, 1.82) is 0 Å². The van der Waals surface area contributed by atoms with Gasteiger partial charge in [-0.1, -0.05) is 45.9 Å². The number of rotatable bonds is 26. The van der Waals surface area contributed by atoms with Gasteiger partial charge < -0.3 is 38.8 Å². The standard InChI is InChI=1S/C53H65N7O12/c1-9-58(5)52(66)39-27-44(70-8)46(29-41(39)56-57-51(65)33(4)24-42(61)50(32(2)3)55-47(62)14-11-10-12-21-59-48(63)19-20-49(59)64)72-23-13-22-71-45-28-40-38(26-43(45)69-7)53(67)60-31-35(25-36(60)30-54-40)34-15-17-37(68-6)18-16-34/h9,15-18,26-33,36,50,56H,1,10-14,19-25H2,2-8H3,(H,55,62)(H,57,65)/t33-,36+,50+/m1/s1. The van der Waals surface area contributed by atoms with E-state index in [0.29, 0.717) is 61.4 Å². The molecule has 0 aliphatic carbocycles. The quantitative estimate of drug-likeness (QED) is 0.0437. The maximum absolute atomic E-state index is 13.9. The first-order chi connectivity index (χ1) is 34.6. The van der Waals surface area contributed by atoms with Gasteiger partial charge >= 0.3 is 0 Å². The molecule has 0 aromatic heterocycles. The molecule has 1 fully saturated rings. The average molecular weight is 992 g/mol. The highest BCUT2D eigenvalue weighted by atomic mass is 16.5. The molecule has 0 bridgehead atoms. The van der Waals surface area contributed by atoms with E-state index in [9.17, 15) is 33.6 Å². The number of Topliss-reactive ketones (excluding diaryl/α,β-unsaturated/α-hetero) is 1. The SMILES string of the molecule is C=CN(C)C(=O)c1cc(OC)c(OCCCOc2cc3c(cc2OC)C(=O)N2C=C(c4ccc(OC)cc4)C[C@H]2C=N3)cc1NNC(=O)[C@H](C)CC(=O)[C@@H](NC(=O)CCCCCN1C(=O)CCC1=O)C(C)C. The molecule has 0 radical (unpaired) electrons. The van der Waals surface area contributed by atoms with Crippen LogP contribution in [0.1, 0.15) is 105 Å². The first-order valence-corrected chi connectivity index (χ1v) is 24.1. The average Bonchev–Trinajstić information content (AvgIpc) is 3.92. The number of carbonyl (C=O) groups is 7. The van der Waals surface area contributed by atoms with E-state index in [1.165, 1.54) is 49.4 Å². The topological polar surface area (TPSA) is 224 Å². The molecule has 3 N–H and O–H groups in total. The van der Waals surface area contributed by atoms with E-state index in [0.717, 1.165) is 16.9 Å². The maximum Gasteiger partial charge on any atom is 0.260 e. The fraction of sp³-hybridized carbons (Fsp3) is 0.434. The number of methoxy groups -OCH3 is 3. The number of hydrogen-bond acceptors (Lipinski definition) is 14. The third-order valence-corrected chi connectivity index (χ3v) is 12.7. The molecule has 3 aliphatic rings.